The van der Waals surface area contributed by atoms with Gasteiger partial charge in [-0.15, -0.1) is 0 Å². The van der Waals surface area contributed by atoms with Crippen molar-refractivity contribution in [2.45, 2.75) is 12.8 Å². The minimum atomic E-state index is -4.37. The molecule has 1 aromatic carbocycles. The first-order valence-electron chi connectivity index (χ1n) is 7.29. The molecule has 0 atom stereocenters. The zero-order chi connectivity index (χ0) is 19.3. The number of benzene rings is 1. The molecule has 0 aliphatic heterocycles. The van der Waals surface area contributed by atoms with Crippen molar-refractivity contribution in [1.29, 1.82) is 0 Å². The molecule has 0 spiro atoms. The number of phosphoric ester groups is 1. The number of nitrogens with one attached hydrogen (secondary N) is 1. The van der Waals surface area contributed by atoms with E-state index < -0.39 is 7.82 Å². The van der Waals surface area contributed by atoms with E-state index in [1.54, 1.807) is 12.1 Å². The first kappa shape index (κ1) is 23.0. The van der Waals surface area contributed by atoms with E-state index >= 15 is 0 Å². The average Bonchev–Trinajstić information content (AvgIpc) is 2.60. The van der Waals surface area contributed by atoms with Crippen LogP contribution in [0.5, 0.6) is 0 Å². The van der Waals surface area contributed by atoms with Gasteiger partial charge in [0.1, 0.15) is 5.58 Å². The van der Waals surface area contributed by atoms with E-state index in [0.29, 0.717) is 12.0 Å². The fourth-order valence-electron chi connectivity index (χ4n) is 1.55. The van der Waals surface area contributed by atoms with Crippen LogP contribution in [0.1, 0.15) is 12.8 Å². The van der Waals surface area contributed by atoms with Gasteiger partial charge in [-0.3, -0.25) is 9.32 Å². The summed E-state index contributed by atoms with van der Waals surface area (Å²) in [5.41, 5.74) is 4.84. The standard InChI is InChI=1S/C9H6O2.C5H12NO5P.CH5N/c10-9-6-5-7-3-1-2-4-8(7)11-9;1-6-5(7)3-2-4-11-12(8,9)10;1-2/h1-6H;2-4H2,1H3,(H,6,7)(H2,8,9,10);2H2,1H3. The highest BCUT2D eigenvalue weighted by Crippen LogP contribution is 2.35. The largest absolute Gasteiger partial charge is 0.469 e. The lowest BCUT2D eigenvalue weighted by Gasteiger charge is -2.03. The normalized spacial score (nSPS) is 10.1. The van der Waals surface area contributed by atoms with Crippen LogP contribution < -0.4 is 16.7 Å². The number of hydrogen-bond acceptors (Lipinski definition) is 6. The summed E-state index contributed by atoms with van der Waals surface area (Å²) in [5.74, 6) is -0.177. The molecule has 0 aliphatic carbocycles. The number of nitrogens with two attached hydrogens (primary N) is 1. The van der Waals surface area contributed by atoms with E-state index in [2.05, 4.69) is 15.6 Å². The van der Waals surface area contributed by atoms with Gasteiger partial charge in [-0.05, 0) is 25.6 Å². The van der Waals surface area contributed by atoms with Crippen molar-refractivity contribution < 1.29 is 28.1 Å². The molecule has 140 valence electrons. The summed E-state index contributed by atoms with van der Waals surface area (Å²) < 4.78 is 19.1. The molecule has 1 amide bonds. The Bertz CT molecular complexity index is 742. The van der Waals surface area contributed by atoms with Gasteiger partial charge in [0, 0.05) is 24.9 Å². The van der Waals surface area contributed by atoms with E-state index in [4.69, 9.17) is 14.2 Å². The highest BCUT2D eigenvalue weighted by Gasteiger charge is 2.12. The third-order valence-electron chi connectivity index (χ3n) is 2.62. The molecule has 25 heavy (non-hydrogen) atoms. The van der Waals surface area contributed by atoms with Crippen molar-refractivity contribution in [1.82, 2.24) is 5.32 Å². The highest BCUT2D eigenvalue weighted by molar-refractivity contribution is 7.46. The van der Waals surface area contributed by atoms with E-state index in [9.17, 15) is 14.2 Å². The molecular weight excluding hydrogens is 351 g/mol. The number of amides is 1. The summed E-state index contributed by atoms with van der Waals surface area (Å²) in [4.78, 5) is 37.7. The van der Waals surface area contributed by atoms with Crippen molar-refractivity contribution in [2.24, 2.45) is 5.73 Å². The van der Waals surface area contributed by atoms with Gasteiger partial charge >= 0.3 is 13.4 Å². The van der Waals surface area contributed by atoms with Gasteiger partial charge in [0.05, 0.1) is 6.61 Å². The van der Waals surface area contributed by atoms with E-state index in [0.717, 1.165) is 5.39 Å². The summed E-state index contributed by atoms with van der Waals surface area (Å²) in [6.45, 7) is -0.113. The Balaban J connectivity index is 0.000000419. The molecule has 0 aliphatic rings. The maximum absolute atomic E-state index is 10.7. The van der Waals surface area contributed by atoms with Gasteiger partial charge < -0.3 is 25.3 Å². The molecule has 2 rings (SSSR count). The minimum absolute atomic E-state index is 0.113. The molecule has 10 heteroatoms. The molecule has 1 aromatic heterocycles. The van der Waals surface area contributed by atoms with Crippen LogP contribution in [0.2, 0.25) is 0 Å². The van der Waals surface area contributed by atoms with Crippen LogP contribution in [0.4, 0.5) is 0 Å². The lowest BCUT2D eigenvalue weighted by Crippen LogP contribution is -2.17. The SMILES string of the molecule is CN.CNC(=O)CCCOP(=O)(O)O.O=c1ccc2ccccc2o1. The van der Waals surface area contributed by atoms with E-state index in [1.165, 1.54) is 20.2 Å². The third-order valence-corrected chi connectivity index (χ3v) is 3.13. The van der Waals surface area contributed by atoms with Crippen molar-refractivity contribution in [2.75, 3.05) is 20.7 Å². The predicted octanol–water partition coefficient (Wildman–Crippen LogP) is 0.990. The van der Waals surface area contributed by atoms with E-state index in [-0.39, 0.29) is 24.6 Å². The van der Waals surface area contributed by atoms with Crippen molar-refractivity contribution in [3.8, 4) is 0 Å². The Morgan fingerprint density at radius 2 is 1.88 bits per heavy atom. The summed E-state index contributed by atoms with van der Waals surface area (Å²) in [6.07, 6.45) is 0.501. The van der Waals surface area contributed by atoms with Gasteiger partial charge in [-0.2, -0.15) is 0 Å². The molecule has 5 N–H and O–H groups in total. The lowest BCUT2D eigenvalue weighted by molar-refractivity contribution is -0.120. The average molecular weight is 374 g/mol. The zero-order valence-electron chi connectivity index (χ0n) is 14.0. The van der Waals surface area contributed by atoms with Gasteiger partial charge in [-0.25, -0.2) is 9.36 Å². The Hall–Kier alpha value is -2.03. The number of fused-ring (bicyclic) bond motifs is 1. The second kappa shape index (κ2) is 12.3. The predicted molar refractivity (Wildman–Crippen MR) is 93.9 cm³/mol. The van der Waals surface area contributed by atoms with Gasteiger partial charge in [0.25, 0.3) is 0 Å². The molecule has 9 nitrogen and oxygen atoms in total. The monoisotopic (exact) mass is 374 g/mol. The number of hydrogen-bond donors (Lipinski definition) is 4. The molecule has 1 heterocycles. The fraction of sp³-hybridized carbons (Fsp3) is 0.333. The van der Waals surface area contributed by atoms with Crippen LogP contribution in [-0.2, 0) is 13.9 Å². The van der Waals surface area contributed by atoms with Crippen molar-refractivity contribution in [3.63, 3.8) is 0 Å². The van der Waals surface area contributed by atoms with Gasteiger partial charge in [-0.1, -0.05) is 18.2 Å². The van der Waals surface area contributed by atoms with E-state index in [1.807, 2.05) is 18.2 Å². The number of carbonyl (C=O) groups excluding carboxylic acids is 1. The quantitative estimate of drug-likeness (QED) is 0.343. The summed E-state index contributed by atoms with van der Waals surface area (Å²) in [6, 6.07) is 10.6. The molecule has 0 unspecified atom stereocenters. The van der Waals surface area contributed by atoms with Crippen LogP contribution in [0.25, 0.3) is 11.0 Å². The topological polar surface area (TPSA) is 152 Å². The minimum Gasteiger partial charge on any atom is -0.423 e. The van der Waals surface area contributed by atoms with Crippen molar-refractivity contribution in [3.05, 3.63) is 46.8 Å². The summed E-state index contributed by atoms with van der Waals surface area (Å²) >= 11 is 0. The molecule has 0 bridgehead atoms. The Morgan fingerprint density at radius 3 is 2.48 bits per heavy atom. The Labute approximate surface area is 145 Å². The zero-order valence-corrected chi connectivity index (χ0v) is 14.9. The van der Waals surface area contributed by atoms with Gasteiger partial charge in [0.15, 0.2) is 0 Å². The Morgan fingerprint density at radius 1 is 1.24 bits per heavy atom. The van der Waals surface area contributed by atoms with Crippen LogP contribution >= 0.6 is 7.82 Å². The molecular formula is C15H23N2O7P. The maximum atomic E-state index is 10.7. The molecule has 2 aromatic rings. The molecule has 0 fully saturated rings. The molecule has 0 saturated carbocycles. The number of phosphoric acid groups is 1. The summed E-state index contributed by atoms with van der Waals surface area (Å²) in [5, 5.41) is 3.33. The smallest absolute Gasteiger partial charge is 0.423 e. The van der Waals surface area contributed by atoms with Gasteiger partial charge in [0.2, 0.25) is 5.91 Å². The number of carbonyl (C=O) groups is 1. The van der Waals surface area contributed by atoms with Crippen LogP contribution in [0.15, 0.2) is 45.6 Å². The first-order chi connectivity index (χ1) is 11.8. The number of para-hydroxylation sites is 1. The summed E-state index contributed by atoms with van der Waals surface area (Å²) in [7, 11) is -1.37. The van der Waals surface area contributed by atoms with Crippen molar-refractivity contribution >= 4 is 24.7 Å². The first-order valence-corrected chi connectivity index (χ1v) is 8.82. The van der Waals surface area contributed by atoms with Crippen LogP contribution in [0.3, 0.4) is 0 Å². The van der Waals surface area contributed by atoms with Crippen LogP contribution in [0, 0.1) is 0 Å². The molecule has 0 radical (unpaired) electrons. The lowest BCUT2D eigenvalue weighted by atomic mass is 10.2. The van der Waals surface area contributed by atoms with Crippen LogP contribution in [-0.4, -0.2) is 36.4 Å². The second-order valence-electron chi connectivity index (χ2n) is 4.39. The molecule has 0 saturated heterocycles. The highest BCUT2D eigenvalue weighted by atomic mass is 31.2. The third kappa shape index (κ3) is 11.2. The fourth-order valence-corrected chi connectivity index (χ4v) is 1.92. The second-order valence-corrected chi connectivity index (χ2v) is 5.63. The Kier molecular flexibility index (Phi) is 11.3. The maximum Gasteiger partial charge on any atom is 0.469 e. The number of rotatable bonds is 5.